The molecule has 4 aromatic carbocycles. The largest absolute Gasteiger partial charge is 0.497 e. The SMILES string of the molecule is COc1ccc(C=NNc2nc(-c3nn(-c4ccccc4)cc3C(=O)c3ccc4ccccc4c3)cs2)cc1. The van der Waals surface area contributed by atoms with Gasteiger partial charge in [-0.25, -0.2) is 9.67 Å². The molecule has 0 aliphatic rings. The van der Waals surface area contributed by atoms with Crippen LogP contribution in [0.4, 0.5) is 5.13 Å². The predicted molar refractivity (Wildman–Crippen MR) is 156 cm³/mol. The molecule has 6 rings (SSSR count). The van der Waals surface area contributed by atoms with E-state index in [1.165, 1.54) is 11.3 Å². The number of hydrazone groups is 1. The van der Waals surface area contributed by atoms with Crippen molar-refractivity contribution in [2.45, 2.75) is 0 Å². The highest BCUT2D eigenvalue weighted by molar-refractivity contribution is 7.14. The molecule has 6 aromatic rings. The minimum absolute atomic E-state index is 0.113. The Kier molecular flexibility index (Phi) is 6.67. The number of para-hydroxylation sites is 1. The molecule has 1 N–H and O–H groups in total. The molecular weight excluding hydrogens is 506 g/mol. The number of rotatable bonds is 8. The third-order valence-electron chi connectivity index (χ3n) is 6.23. The average Bonchev–Trinajstić information content (AvgIpc) is 3.65. The first-order valence-electron chi connectivity index (χ1n) is 12.3. The van der Waals surface area contributed by atoms with Crippen molar-refractivity contribution < 1.29 is 9.53 Å². The molecule has 0 atom stereocenters. The van der Waals surface area contributed by atoms with Gasteiger partial charge in [-0.15, -0.1) is 11.3 Å². The Morgan fingerprint density at radius 3 is 2.51 bits per heavy atom. The van der Waals surface area contributed by atoms with Gasteiger partial charge < -0.3 is 4.74 Å². The number of ketones is 1. The van der Waals surface area contributed by atoms with E-state index in [4.69, 9.17) is 9.84 Å². The summed E-state index contributed by atoms with van der Waals surface area (Å²) in [6, 6.07) is 31.0. The van der Waals surface area contributed by atoms with E-state index < -0.39 is 0 Å². The highest BCUT2D eigenvalue weighted by Crippen LogP contribution is 2.30. The first kappa shape index (κ1) is 24.3. The van der Waals surface area contributed by atoms with Crippen LogP contribution in [0.2, 0.25) is 0 Å². The molecule has 8 heteroatoms. The van der Waals surface area contributed by atoms with E-state index in [1.807, 2.05) is 102 Å². The predicted octanol–water partition coefficient (Wildman–Crippen LogP) is 6.83. The standard InChI is InChI=1S/C31H23N5O2S/c1-38-26-15-11-21(12-16-26)18-32-34-31-33-28(20-39-31)29-27(19-36(35-29)25-9-3-2-4-10-25)30(37)24-14-13-22-7-5-6-8-23(22)17-24/h2-20H,1H3,(H,33,34). The van der Waals surface area contributed by atoms with Crippen LogP contribution in [0.15, 0.2) is 114 Å². The maximum Gasteiger partial charge on any atom is 0.203 e. The Labute approximate surface area is 229 Å². The van der Waals surface area contributed by atoms with Gasteiger partial charge in [0.2, 0.25) is 5.13 Å². The number of thiazole rings is 1. The van der Waals surface area contributed by atoms with Crippen molar-refractivity contribution in [3.8, 4) is 22.8 Å². The molecule has 0 spiro atoms. The lowest BCUT2D eigenvalue weighted by Gasteiger charge is -2.03. The van der Waals surface area contributed by atoms with Crippen molar-refractivity contribution >= 4 is 39.2 Å². The van der Waals surface area contributed by atoms with Crippen molar-refractivity contribution in [2.75, 3.05) is 12.5 Å². The van der Waals surface area contributed by atoms with Crippen LogP contribution in [-0.4, -0.2) is 33.9 Å². The van der Waals surface area contributed by atoms with E-state index in [1.54, 1.807) is 24.2 Å². The number of benzene rings is 4. The second-order valence-corrected chi connectivity index (χ2v) is 9.60. The summed E-state index contributed by atoms with van der Waals surface area (Å²) in [4.78, 5) is 18.5. The lowest BCUT2D eigenvalue weighted by atomic mass is 10.00. The van der Waals surface area contributed by atoms with Gasteiger partial charge >= 0.3 is 0 Å². The summed E-state index contributed by atoms with van der Waals surface area (Å²) < 4.78 is 6.91. The zero-order valence-corrected chi connectivity index (χ0v) is 21.8. The maximum absolute atomic E-state index is 13.8. The molecule has 0 aliphatic carbocycles. The molecule has 0 unspecified atom stereocenters. The van der Waals surface area contributed by atoms with Crippen LogP contribution >= 0.6 is 11.3 Å². The Hall–Kier alpha value is -5.08. The fourth-order valence-electron chi connectivity index (χ4n) is 4.21. The lowest BCUT2D eigenvalue weighted by Crippen LogP contribution is -2.02. The Morgan fingerprint density at radius 2 is 1.72 bits per heavy atom. The zero-order valence-electron chi connectivity index (χ0n) is 21.0. The Balaban J connectivity index is 1.32. The second kappa shape index (κ2) is 10.7. The van der Waals surface area contributed by atoms with Crippen LogP contribution in [0.5, 0.6) is 5.75 Å². The molecule has 0 aliphatic heterocycles. The Bertz CT molecular complexity index is 1790. The monoisotopic (exact) mass is 529 g/mol. The second-order valence-electron chi connectivity index (χ2n) is 8.74. The van der Waals surface area contributed by atoms with Gasteiger partial charge in [-0.1, -0.05) is 54.6 Å². The normalized spacial score (nSPS) is 11.2. The van der Waals surface area contributed by atoms with Gasteiger partial charge in [-0.2, -0.15) is 10.2 Å². The number of methoxy groups -OCH3 is 1. The van der Waals surface area contributed by atoms with E-state index in [2.05, 4.69) is 15.5 Å². The fraction of sp³-hybridized carbons (Fsp3) is 0.0323. The molecule has 7 nitrogen and oxygen atoms in total. The van der Waals surface area contributed by atoms with Crippen molar-refractivity contribution in [2.24, 2.45) is 5.10 Å². The highest BCUT2D eigenvalue weighted by Gasteiger charge is 2.22. The number of aromatic nitrogens is 3. The highest BCUT2D eigenvalue weighted by atomic mass is 32.1. The molecular formula is C31H23N5O2S. The molecule has 190 valence electrons. The van der Waals surface area contributed by atoms with Crippen LogP contribution in [0.25, 0.3) is 27.8 Å². The number of carbonyl (C=O) groups excluding carboxylic acids is 1. The van der Waals surface area contributed by atoms with Crippen LogP contribution < -0.4 is 10.2 Å². The summed E-state index contributed by atoms with van der Waals surface area (Å²) in [5.74, 6) is 0.673. The van der Waals surface area contributed by atoms with E-state index in [0.717, 1.165) is 27.8 Å². The maximum atomic E-state index is 13.8. The number of carbonyl (C=O) groups is 1. The summed E-state index contributed by atoms with van der Waals surface area (Å²) >= 11 is 1.39. The van der Waals surface area contributed by atoms with Crippen molar-refractivity contribution in [1.29, 1.82) is 0 Å². The molecule has 2 aromatic heterocycles. The minimum Gasteiger partial charge on any atom is -0.497 e. The molecule has 0 fully saturated rings. The smallest absolute Gasteiger partial charge is 0.203 e. The molecule has 0 radical (unpaired) electrons. The number of ether oxygens (including phenoxy) is 1. The first-order valence-corrected chi connectivity index (χ1v) is 13.1. The van der Waals surface area contributed by atoms with Gasteiger partial charge in [0.05, 0.1) is 24.6 Å². The summed E-state index contributed by atoms with van der Waals surface area (Å²) in [6.07, 6.45) is 3.48. The topological polar surface area (TPSA) is 81.4 Å². The number of hydrogen-bond donors (Lipinski definition) is 1. The third kappa shape index (κ3) is 5.18. The van der Waals surface area contributed by atoms with E-state index in [9.17, 15) is 4.79 Å². The lowest BCUT2D eigenvalue weighted by molar-refractivity contribution is 0.103. The molecule has 0 amide bonds. The summed E-state index contributed by atoms with van der Waals surface area (Å²) in [5.41, 5.74) is 6.94. The minimum atomic E-state index is -0.113. The van der Waals surface area contributed by atoms with Crippen molar-refractivity contribution in [3.63, 3.8) is 0 Å². The molecule has 0 saturated carbocycles. The van der Waals surface area contributed by atoms with Crippen LogP contribution in [0.1, 0.15) is 21.5 Å². The zero-order chi connectivity index (χ0) is 26.6. The third-order valence-corrected chi connectivity index (χ3v) is 6.97. The Morgan fingerprint density at radius 1 is 0.949 bits per heavy atom. The van der Waals surface area contributed by atoms with Crippen molar-refractivity contribution in [1.82, 2.24) is 14.8 Å². The first-order chi connectivity index (χ1) is 19.2. The molecule has 2 heterocycles. The van der Waals surface area contributed by atoms with Crippen LogP contribution in [0, 0.1) is 0 Å². The van der Waals surface area contributed by atoms with Gasteiger partial charge in [0.25, 0.3) is 0 Å². The number of nitrogens with zero attached hydrogens (tertiary/aromatic N) is 4. The fourth-order valence-corrected chi connectivity index (χ4v) is 4.86. The number of fused-ring (bicyclic) bond motifs is 1. The molecule has 0 saturated heterocycles. The molecule has 39 heavy (non-hydrogen) atoms. The van der Waals surface area contributed by atoms with Gasteiger partial charge in [0.15, 0.2) is 5.78 Å². The van der Waals surface area contributed by atoms with Crippen LogP contribution in [-0.2, 0) is 0 Å². The number of hydrogen-bond acceptors (Lipinski definition) is 7. The van der Waals surface area contributed by atoms with Gasteiger partial charge in [0.1, 0.15) is 17.1 Å². The van der Waals surface area contributed by atoms with Gasteiger partial charge in [-0.05, 0) is 58.8 Å². The number of nitrogens with one attached hydrogen (secondary N) is 1. The van der Waals surface area contributed by atoms with E-state index in [-0.39, 0.29) is 5.78 Å². The van der Waals surface area contributed by atoms with Gasteiger partial charge in [-0.3, -0.25) is 10.2 Å². The number of anilines is 1. The van der Waals surface area contributed by atoms with E-state index in [0.29, 0.717) is 27.6 Å². The van der Waals surface area contributed by atoms with Gasteiger partial charge in [0, 0.05) is 17.1 Å². The van der Waals surface area contributed by atoms with E-state index >= 15 is 0 Å². The summed E-state index contributed by atoms with van der Waals surface area (Å²) in [7, 11) is 1.63. The average molecular weight is 530 g/mol. The summed E-state index contributed by atoms with van der Waals surface area (Å²) in [6.45, 7) is 0. The van der Waals surface area contributed by atoms with Crippen molar-refractivity contribution in [3.05, 3.63) is 125 Å². The summed E-state index contributed by atoms with van der Waals surface area (Å²) in [5, 5.41) is 13.6. The quantitative estimate of drug-likeness (QED) is 0.133. The molecule has 0 bridgehead atoms. The van der Waals surface area contributed by atoms with Crippen LogP contribution in [0.3, 0.4) is 0 Å².